The van der Waals surface area contributed by atoms with E-state index in [2.05, 4.69) is 10.4 Å². The molecule has 1 aromatic heterocycles. The second kappa shape index (κ2) is 9.87. The monoisotopic (exact) mass is 393 g/mol. The Hall–Kier alpha value is -2.67. The van der Waals surface area contributed by atoms with Crippen LogP contribution in [0.15, 0.2) is 30.3 Å². The van der Waals surface area contributed by atoms with Crippen LogP contribution in [0.1, 0.15) is 31.0 Å². The third-order valence-electron chi connectivity index (χ3n) is 3.68. The molecule has 0 aliphatic heterocycles. The predicted molar refractivity (Wildman–Crippen MR) is 101 cm³/mol. The summed E-state index contributed by atoms with van der Waals surface area (Å²) in [6, 6.07) is 5.78. The van der Waals surface area contributed by atoms with Crippen molar-refractivity contribution in [3.05, 3.63) is 52.6 Å². The smallest absolute Gasteiger partial charge is 0.305 e. The summed E-state index contributed by atoms with van der Waals surface area (Å²) in [5.74, 6) is -0.930. The highest BCUT2D eigenvalue weighted by molar-refractivity contribution is 6.31. The molecule has 1 heterocycles. The second-order valence-corrected chi connectivity index (χ2v) is 6.07. The van der Waals surface area contributed by atoms with Crippen LogP contribution in [0.25, 0.3) is 11.8 Å². The normalized spacial score (nSPS) is 11.0. The Kier molecular flexibility index (Phi) is 7.55. The molecule has 8 heteroatoms. The Morgan fingerprint density at radius 2 is 2.04 bits per heavy atom. The fourth-order valence-corrected chi connectivity index (χ4v) is 2.68. The van der Waals surface area contributed by atoms with Crippen LogP contribution >= 0.6 is 11.6 Å². The molecule has 0 aliphatic carbocycles. The molecule has 2 rings (SSSR count). The minimum Gasteiger partial charge on any atom is -0.466 e. The van der Waals surface area contributed by atoms with Crippen LogP contribution < -0.4 is 5.32 Å². The first-order chi connectivity index (χ1) is 12.9. The van der Waals surface area contributed by atoms with Gasteiger partial charge in [-0.15, -0.1) is 0 Å². The molecule has 0 radical (unpaired) electrons. The standard InChI is InChI=1S/C19H21ClFN3O3/c1-3-27-18(26)5-4-12-22-17(25)11-10-16-13(2)23-24(19(16)20)15-8-6-14(21)7-9-15/h6-11H,3-5,12H2,1-2H3,(H,22,25)/b11-10+. The molecule has 0 atom stereocenters. The van der Waals surface area contributed by atoms with Crippen molar-refractivity contribution >= 4 is 29.6 Å². The number of hydrogen-bond acceptors (Lipinski definition) is 4. The van der Waals surface area contributed by atoms with Crippen molar-refractivity contribution in [1.82, 2.24) is 15.1 Å². The van der Waals surface area contributed by atoms with Gasteiger partial charge in [0.05, 0.1) is 18.0 Å². The molecule has 0 bridgehead atoms. The molecule has 0 aliphatic rings. The Labute approximate surface area is 162 Å². The number of aromatic nitrogens is 2. The van der Waals surface area contributed by atoms with E-state index in [1.165, 1.54) is 22.9 Å². The highest BCUT2D eigenvalue weighted by atomic mass is 35.5. The van der Waals surface area contributed by atoms with Crippen LogP contribution in [0.2, 0.25) is 5.15 Å². The van der Waals surface area contributed by atoms with E-state index in [4.69, 9.17) is 16.3 Å². The van der Waals surface area contributed by atoms with Gasteiger partial charge in [-0.1, -0.05) is 11.6 Å². The van der Waals surface area contributed by atoms with Gasteiger partial charge in [0, 0.05) is 24.6 Å². The Balaban J connectivity index is 1.95. The molecule has 27 heavy (non-hydrogen) atoms. The first-order valence-corrected chi connectivity index (χ1v) is 8.92. The first-order valence-electron chi connectivity index (χ1n) is 8.55. The van der Waals surface area contributed by atoms with E-state index < -0.39 is 0 Å². The quantitative estimate of drug-likeness (QED) is 0.423. The van der Waals surface area contributed by atoms with Crippen LogP contribution in [0.3, 0.4) is 0 Å². The van der Waals surface area contributed by atoms with Crippen molar-refractivity contribution in [2.45, 2.75) is 26.7 Å². The molecule has 0 unspecified atom stereocenters. The lowest BCUT2D eigenvalue weighted by molar-refractivity contribution is -0.143. The van der Waals surface area contributed by atoms with Gasteiger partial charge in [0.1, 0.15) is 11.0 Å². The predicted octanol–water partition coefficient (Wildman–Crippen LogP) is 3.45. The molecule has 0 spiro atoms. The van der Waals surface area contributed by atoms with Crippen LogP contribution in [-0.2, 0) is 14.3 Å². The maximum Gasteiger partial charge on any atom is 0.305 e. The van der Waals surface area contributed by atoms with Gasteiger partial charge in [0.15, 0.2) is 0 Å². The number of benzene rings is 1. The van der Waals surface area contributed by atoms with E-state index in [0.29, 0.717) is 41.7 Å². The van der Waals surface area contributed by atoms with E-state index in [9.17, 15) is 14.0 Å². The van der Waals surface area contributed by atoms with Crippen LogP contribution in [0, 0.1) is 12.7 Å². The topological polar surface area (TPSA) is 73.2 Å². The lowest BCUT2D eigenvalue weighted by atomic mass is 10.2. The summed E-state index contributed by atoms with van der Waals surface area (Å²) in [5, 5.41) is 7.34. The van der Waals surface area contributed by atoms with Crippen LogP contribution in [-0.4, -0.2) is 34.8 Å². The van der Waals surface area contributed by atoms with Gasteiger partial charge < -0.3 is 10.1 Å². The Morgan fingerprint density at radius 3 is 2.70 bits per heavy atom. The summed E-state index contributed by atoms with van der Waals surface area (Å²) in [7, 11) is 0. The number of nitrogens with zero attached hydrogens (tertiary/aromatic N) is 2. The summed E-state index contributed by atoms with van der Waals surface area (Å²) < 4.78 is 19.4. The van der Waals surface area contributed by atoms with Gasteiger partial charge >= 0.3 is 5.97 Å². The molecular formula is C19H21ClFN3O3. The van der Waals surface area contributed by atoms with E-state index in [1.807, 2.05) is 0 Å². The lowest BCUT2D eigenvalue weighted by Gasteiger charge is -2.03. The van der Waals surface area contributed by atoms with Crippen LogP contribution in [0.4, 0.5) is 4.39 Å². The van der Waals surface area contributed by atoms with Crippen molar-refractivity contribution in [2.75, 3.05) is 13.2 Å². The summed E-state index contributed by atoms with van der Waals surface area (Å²) in [4.78, 5) is 23.1. The first kappa shape index (κ1) is 20.6. The summed E-state index contributed by atoms with van der Waals surface area (Å²) in [6.07, 6.45) is 3.69. The van der Waals surface area contributed by atoms with Crippen LogP contribution in [0.5, 0.6) is 0 Å². The van der Waals surface area contributed by atoms with Gasteiger partial charge in [-0.3, -0.25) is 9.59 Å². The summed E-state index contributed by atoms with van der Waals surface area (Å²) in [6.45, 7) is 4.22. The number of hydrogen-bond donors (Lipinski definition) is 1. The van der Waals surface area contributed by atoms with E-state index in [0.717, 1.165) is 0 Å². The molecule has 1 aromatic carbocycles. The Bertz CT molecular complexity index is 831. The zero-order valence-corrected chi connectivity index (χ0v) is 15.9. The number of esters is 1. The fourth-order valence-electron chi connectivity index (χ4n) is 2.35. The van der Waals surface area contributed by atoms with Crippen molar-refractivity contribution in [3.63, 3.8) is 0 Å². The molecule has 0 fully saturated rings. The zero-order valence-electron chi connectivity index (χ0n) is 15.2. The molecule has 0 saturated heterocycles. The number of ether oxygens (including phenoxy) is 1. The molecule has 0 saturated carbocycles. The Morgan fingerprint density at radius 1 is 1.33 bits per heavy atom. The third-order valence-corrected chi connectivity index (χ3v) is 4.05. The lowest BCUT2D eigenvalue weighted by Crippen LogP contribution is -2.22. The van der Waals surface area contributed by atoms with Gasteiger partial charge in [0.25, 0.3) is 0 Å². The number of aryl methyl sites for hydroxylation is 1. The van der Waals surface area contributed by atoms with Crippen molar-refractivity contribution in [3.8, 4) is 5.69 Å². The van der Waals surface area contributed by atoms with Crippen molar-refractivity contribution < 1.29 is 18.7 Å². The van der Waals surface area contributed by atoms with Gasteiger partial charge in [-0.25, -0.2) is 9.07 Å². The number of amides is 1. The molecule has 144 valence electrons. The average molecular weight is 394 g/mol. The average Bonchev–Trinajstić information content (AvgIpc) is 2.92. The van der Waals surface area contributed by atoms with E-state index in [-0.39, 0.29) is 24.1 Å². The number of carbonyl (C=O) groups excluding carboxylic acids is 2. The molecule has 1 amide bonds. The summed E-state index contributed by atoms with van der Waals surface area (Å²) >= 11 is 6.35. The molecule has 2 aromatic rings. The minimum atomic E-state index is -0.349. The number of halogens is 2. The fraction of sp³-hybridized carbons (Fsp3) is 0.316. The highest BCUT2D eigenvalue weighted by Crippen LogP contribution is 2.24. The molecule has 1 N–H and O–H groups in total. The van der Waals surface area contributed by atoms with Gasteiger partial charge in [-0.2, -0.15) is 5.10 Å². The minimum absolute atomic E-state index is 0.257. The number of carbonyl (C=O) groups is 2. The zero-order chi connectivity index (χ0) is 19.8. The van der Waals surface area contributed by atoms with E-state index in [1.54, 1.807) is 32.1 Å². The van der Waals surface area contributed by atoms with Gasteiger partial charge in [0.2, 0.25) is 5.91 Å². The van der Waals surface area contributed by atoms with Crippen molar-refractivity contribution in [1.29, 1.82) is 0 Å². The van der Waals surface area contributed by atoms with Gasteiger partial charge in [-0.05, 0) is 50.6 Å². The number of rotatable bonds is 8. The SMILES string of the molecule is CCOC(=O)CCCNC(=O)/C=C/c1c(C)nn(-c2ccc(F)cc2)c1Cl. The maximum absolute atomic E-state index is 13.1. The van der Waals surface area contributed by atoms with Crippen molar-refractivity contribution in [2.24, 2.45) is 0 Å². The summed E-state index contributed by atoms with van der Waals surface area (Å²) in [5.41, 5.74) is 1.85. The second-order valence-electron chi connectivity index (χ2n) is 5.71. The van der Waals surface area contributed by atoms with E-state index >= 15 is 0 Å². The number of nitrogens with one attached hydrogen (secondary N) is 1. The third kappa shape index (κ3) is 5.92. The largest absolute Gasteiger partial charge is 0.466 e. The highest BCUT2D eigenvalue weighted by Gasteiger charge is 2.13. The molecule has 6 nitrogen and oxygen atoms in total. The molecular weight excluding hydrogens is 373 g/mol. The maximum atomic E-state index is 13.1.